The van der Waals surface area contributed by atoms with Gasteiger partial charge in [0.05, 0.1) is 23.2 Å². The molecule has 1 N–H and O–H groups in total. The van der Waals surface area contributed by atoms with Crippen molar-refractivity contribution in [3.63, 3.8) is 0 Å². The van der Waals surface area contributed by atoms with Crippen LogP contribution in [0.1, 0.15) is 18.9 Å². The fraction of sp³-hybridized carbons (Fsp3) is 0.148. The van der Waals surface area contributed by atoms with Gasteiger partial charge < -0.3 is 9.72 Å². The van der Waals surface area contributed by atoms with E-state index >= 15 is 0 Å². The van der Waals surface area contributed by atoms with Gasteiger partial charge in [-0.15, -0.1) is 11.8 Å². The van der Waals surface area contributed by atoms with Crippen LogP contribution in [0, 0.1) is 0 Å². The van der Waals surface area contributed by atoms with Crippen LogP contribution in [0.3, 0.4) is 0 Å². The van der Waals surface area contributed by atoms with E-state index in [0.29, 0.717) is 12.3 Å². The average molecular weight is 470 g/mol. The molecule has 0 radical (unpaired) electrons. The van der Waals surface area contributed by atoms with E-state index in [2.05, 4.69) is 9.98 Å². The van der Waals surface area contributed by atoms with Gasteiger partial charge in [-0.25, -0.2) is 4.90 Å². The smallest absolute Gasteiger partial charge is 0.247 e. The monoisotopic (exact) mass is 469 g/mol. The van der Waals surface area contributed by atoms with E-state index in [-0.39, 0.29) is 18.2 Å². The molecule has 1 unspecified atom stereocenters. The molecule has 1 aliphatic rings. The number of carbonyl (C=O) groups excluding carboxylic acids is 2. The second-order valence-electron chi connectivity index (χ2n) is 7.88. The Morgan fingerprint density at radius 3 is 2.62 bits per heavy atom. The van der Waals surface area contributed by atoms with Crippen LogP contribution >= 0.6 is 11.8 Å². The van der Waals surface area contributed by atoms with Crippen molar-refractivity contribution in [3.05, 3.63) is 84.6 Å². The highest BCUT2D eigenvalue weighted by molar-refractivity contribution is 8.00. The van der Waals surface area contributed by atoms with Gasteiger partial charge in [-0.2, -0.15) is 0 Å². The fourth-order valence-corrected chi connectivity index (χ4v) is 4.94. The summed E-state index contributed by atoms with van der Waals surface area (Å²) in [6, 6.07) is 23.0. The summed E-state index contributed by atoms with van der Waals surface area (Å²) in [5, 5.41) is 0.601. The van der Waals surface area contributed by atoms with E-state index < -0.39 is 5.25 Å². The Labute approximate surface area is 201 Å². The van der Waals surface area contributed by atoms with E-state index in [1.807, 2.05) is 85.9 Å². The number of hydrogen-bond donors (Lipinski definition) is 1. The zero-order valence-electron chi connectivity index (χ0n) is 18.6. The summed E-state index contributed by atoms with van der Waals surface area (Å²) in [6.07, 6.45) is 3.83. The van der Waals surface area contributed by atoms with Gasteiger partial charge in [0.25, 0.3) is 0 Å². The van der Waals surface area contributed by atoms with E-state index in [0.717, 1.165) is 32.8 Å². The standard InChI is InChI=1S/C27H23N3O3S/c1-2-33-22-9-3-18(4-10-22)17-29-20-6-11-23(12-7-20)34-25-16-26(31)30(27(25)32)21-8-5-19-13-14-28-24(19)15-21/h3-15,17,25,28H,2,16H2,1H3. The summed E-state index contributed by atoms with van der Waals surface area (Å²) in [5.74, 6) is 0.480. The Hall–Kier alpha value is -3.84. The van der Waals surface area contributed by atoms with Gasteiger partial charge in [-0.05, 0) is 84.6 Å². The van der Waals surface area contributed by atoms with Crippen molar-refractivity contribution in [1.29, 1.82) is 0 Å². The second kappa shape index (κ2) is 9.57. The number of aliphatic imine (C=N–C) groups is 1. The summed E-state index contributed by atoms with van der Waals surface area (Å²) >= 11 is 1.41. The first-order valence-electron chi connectivity index (χ1n) is 11.1. The number of thioether (sulfide) groups is 1. The molecule has 3 aromatic carbocycles. The third-order valence-electron chi connectivity index (χ3n) is 5.57. The maximum absolute atomic E-state index is 13.0. The van der Waals surface area contributed by atoms with Crippen LogP contribution in [-0.2, 0) is 9.59 Å². The number of fused-ring (bicyclic) bond motifs is 1. The number of aromatic nitrogens is 1. The van der Waals surface area contributed by atoms with E-state index in [1.54, 1.807) is 6.21 Å². The van der Waals surface area contributed by atoms with Gasteiger partial charge >= 0.3 is 0 Å². The van der Waals surface area contributed by atoms with Gasteiger partial charge in [-0.3, -0.25) is 14.6 Å². The van der Waals surface area contributed by atoms with E-state index in [4.69, 9.17) is 4.74 Å². The lowest BCUT2D eigenvalue weighted by Crippen LogP contribution is -2.31. The van der Waals surface area contributed by atoms with Gasteiger partial charge in [0.1, 0.15) is 5.75 Å². The molecule has 1 aromatic heterocycles. The summed E-state index contributed by atoms with van der Waals surface area (Å²) in [6.45, 7) is 2.59. The molecule has 1 aliphatic heterocycles. The molecule has 0 saturated carbocycles. The summed E-state index contributed by atoms with van der Waals surface area (Å²) in [5.41, 5.74) is 3.30. The van der Waals surface area contributed by atoms with Crippen molar-refractivity contribution in [2.45, 2.75) is 23.5 Å². The SMILES string of the molecule is CCOc1ccc(C=Nc2ccc(SC3CC(=O)N(c4ccc5cc[nH]c5c4)C3=O)cc2)cc1. The quantitative estimate of drug-likeness (QED) is 0.277. The molecule has 0 aliphatic carbocycles. The number of anilines is 1. The first-order valence-corrected chi connectivity index (χ1v) is 12.0. The number of H-pyrrole nitrogens is 1. The molecule has 2 amide bonds. The van der Waals surface area contributed by atoms with Crippen LogP contribution in [0.5, 0.6) is 5.75 Å². The fourth-order valence-electron chi connectivity index (χ4n) is 3.88. The highest BCUT2D eigenvalue weighted by Crippen LogP contribution is 2.35. The molecule has 5 rings (SSSR count). The van der Waals surface area contributed by atoms with Crippen LogP contribution < -0.4 is 9.64 Å². The number of carbonyl (C=O) groups is 2. The Morgan fingerprint density at radius 2 is 1.85 bits per heavy atom. The van der Waals surface area contributed by atoms with Crippen LogP contribution in [0.15, 0.2) is 88.9 Å². The predicted molar refractivity (Wildman–Crippen MR) is 136 cm³/mol. The molecule has 2 heterocycles. The molecule has 0 spiro atoms. The van der Waals surface area contributed by atoms with Crippen LogP contribution in [-0.4, -0.2) is 34.9 Å². The van der Waals surface area contributed by atoms with Crippen molar-refractivity contribution in [3.8, 4) is 5.75 Å². The van der Waals surface area contributed by atoms with Gasteiger partial charge in [0.15, 0.2) is 0 Å². The zero-order chi connectivity index (χ0) is 23.5. The minimum Gasteiger partial charge on any atom is -0.494 e. The lowest BCUT2D eigenvalue weighted by Gasteiger charge is -2.15. The first-order chi connectivity index (χ1) is 16.6. The Morgan fingerprint density at radius 1 is 1.06 bits per heavy atom. The van der Waals surface area contributed by atoms with Gasteiger partial charge in [0, 0.05) is 29.2 Å². The van der Waals surface area contributed by atoms with Gasteiger partial charge in [0.2, 0.25) is 11.8 Å². The number of hydrogen-bond acceptors (Lipinski definition) is 5. The number of ether oxygens (including phenoxy) is 1. The lowest BCUT2D eigenvalue weighted by molar-refractivity contribution is -0.121. The minimum absolute atomic E-state index is 0.176. The molecular formula is C27H23N3O3S. The summed E-state index contributed by atoms with van der Waals surface area (Å²) < 4.78 is 5.45. The second-order valence-corrected chi connectivity index (χ2v) is 9.16. The Balaban J connectivity index is 1.24. The number of rotatable bonds is 7. The summed E-state index contributed by atoms with van der Waals surface area (Å²) in [4.78, 5) is 35.5. The van der Waals surface area contributed by atoms with Crippen LogP contribution in [0.4, 0.5) is 11.4 Å². The molecule has 170 valence electrons. The molecule has 4 aromatic rings. The van der Waals surface area contributed by atoms with Crippen molar-refractivity contribution in [2.24, 2.45) is 4.99 Å². The topological polar surface area (TPSA) is 74.8 Å². The minimum atomic E-state index is -0.440. The van der Waals surface area contributed by atoms with Crippen LogP contribution in [0.25, 0.3) is 10.9 Å². The molecular weight excluding hydrogens is 446 g/mol. The summed E-state index contributed by atoms with van der Waals surface area (Å²) in [7, 11) is 0. The zero-order valence-corrected chi connectivity index (χ0v) is 19.4. The third kappa shape index (κ3) is 4.61. The molecule has 0 bridgehead atoms. The average Bonchev–Trinajstić information content (AvgIpc) is 3.43. The highest BCUT2D eigenvalue weighted by Gasteiger charge is 2.40. The number of benzene rings is 3. The number of amides is 2. The van der Waals surface area contributed by atoms with E-state index in [9.17, 15) is 9.59 Å². The largest absolute Gasteiger partial charge is 0.494 e. The van der Waals surface area contributed by atoms with Crippen LogP contribution in [0.2, 0.25) is 0 Å². The normalized spacial score (nSPS) is 16.1. The third-order valence-corrected chi connectivity index (χ3v) is 6.77. The van der Waals surface area contributed by atoms with Crippen molar-refractivity contribution in [2.75, 3.05) is 11.5 Å². The maximum atomic E-state index is 13.0. The Kier molecular flexibility index (Phi) is 6.18. The number of nitrogens with zero attached hydrogens (tertiary/aromatic N) is 2. The molecule has 1 fully saturated rings. The maximum Gasteiger partial charge on any atom is 0.247 e. The highest BCUT2D eigenvalue weighted by atomic mass is 32.2. The predicted octanol–water partition coefficient (Wildman–Crippen LogP) is 5.74. The van der Waals surface area contributed by atoms with Crippen molar-refractivity contribution < 1.29 is 14.3 Å². The van der Waals surface area contributed by atoms with E-state index in [1.165, 1.54) is 16.7 Å². The molecule has 6 nitrogen and oxygen atoms in total. The van der Waals surface area contributed by atoms with Crippen molar-refractivity contribution >= 4 is 52.1 Å². The Bertz CT molecular complexity index is 1360. The lowest BCUT2D eigenvalue weighted by atomic mass is 10.2. The molecule has 1 saturated heterocycles. The molecule has 1 atom stereocenters. The number of aromatic amines is 1. The molecule has 34 heavy (non-hydrogen) atoms. The number of nitrogens with one attached hydrogen (secondary N) is 1. The van der Waals surface area contributed by atoms with Gasteiger partial charge in [-0.1, -0.05) is 6.07 Å². The first kappa shape index (κ1) is 22.0. The molecule has 7 heteroatoms. The van der Waals surface area contributed by atoms with Crippen molar-refractivity contribution in [1.82, 2.24) is 4.98 Å². The number of imide groups is 1.